The molecule has 1 N–H and O–H groups in total. The fourth-order valence-corrected chi connectivity index (χ4v) is 5.13. The van der Waals surface area contributed by atoms with E-state index in [0.29, 0.717) is 12.0 Å². The van der Waals surface area contributed by atoms with E-state index in [1.54, 1.807) is 0 Å². The molecule has 28 heavy (non-hydrogen) atoms. The quantitative estimate of drug-likeness (QED) is 0.388. The molecule has 1 spiro atoms. The van der Waals surface area contributed by atoms with E-state index < -0.39 is 0 Å². The SMILES string of the molecule is CN=C(NCC(=O)N1CCc2ccccc2C1)N1CCC2(CCCCC2)C1.I. The van der Waals surface area contributed by atoms with E-state index in [9.17, 15) is 4.79 Å². The van der Waals surface area contributed by atoms with Gasteiger partial charge in [-0.1, -0.05) is 43.5 Å². The minimum atomic E-state index is 0. The summed E-state index contributed by atoms with van der Waals surface area (Å²) < 4.78 is 0. The van der Waals surface area contributed by atoms with E-state index in [2.05, 4.69) is 39.5 Å². The molecule has 6 heteroatoms. The number of nitrogens with zero attached hydrogens (tertiary/aromatic N) is 3. The average molecular weight is 496 g/mol. The summed E-state index contributed by atoms with van der Waals surface area (Å²) in [5.74, 6) is 1.06. The van der Waals surface area contributed by atoms with Crippen LogP contribution in [0.3, 0.4) is 0 Å². The van der Waals surface area contributed by atoms with Crippen LogP contribution in [0.25, 0.3) is 0 Å². The van der Waals surface area contributed by atoms with Crippen molar-refractivity contribution in [1.29, 1.82) is 0 Å². The number of aliphatic imine (C=N–C) groups is 1. The molecule has 0 atom stereocenters. The van der Waals surface area contributed by atoms with Gasteiger partial charge in [-0.25, -0.2) is 0 Å². The fraction of sp³-hybridized carbons (Fsp3) is 0.636. The number of rotatable bonds is 2. The number of hydrogen-bond donors (Lipinski definition) is 1. The van der Waals surface area contributed by atoms with Gasteiger partial charge in [-0.05, 0) is 42.2 Å². The van der Waals surface area contributed by atoms with E-state index in [1.165, 1.54) is 49.7 Å². The minimum Gasteiger partial charge on any atom is -0.347 e. The summed E-state index contributed by atoms with van der Waals surface area (Å²) in [4.78, 5) is 21.5. The zero-order valence-electron chi connectivity index (χ0n) is 17.0. The third-order valence-corrected chi connectivity index (χ3v) is 6.74. The fourth-order valence-electron chi connectivity index (χ4n) is 5.13. The summed E-state index contributed by atoms with van der Waals surface area (Å²) in [6, 6.07) is 8.44. The van der Waals surface area contributed by atoms with Crippen molar-refractivity contribution < 1.29 is 4.79 Å². The summed E-state index contributed by atoms with van der Waals surface area (Å²) in [6.07, 6.45) is 9.06. The first-order chi connectivity index (χ1) is 13.2. The van der Waals surface area contributed by atoms with Crippen LogP contribution in [0, 0.1) is 5.41 Å². The Labute approximate surface area is 186 Å². The molecule has 0 aromatic heterocycles. The molecule has 1 saturated carbocycles. The van der Waals surface area contributed by atoms with Crippen LogP contribution in [0.2, 0.25) is 0 Å². The highest BCUT2D eigenvalue weighted by atomic mass is 127. The molecule has 0 radical (unpaired) electrons. The number of halogens is 1. The van der Waals surface area contributed by atoms with Crippen LogP contribution in [0.1, 0.15) is 49.7 Å². The Bertz CT molecular complexity index is 714. The van der Waals surface area contributed by atoms with E-state index in [4.69, 9.17) is 0 Å². The van der Waals surface area contributed by atoms with Gasteiger partial charge >= 0.3 is 0 Å². The van der Waals surface area contributed by atoms with Crippen LogP contribution in [0.4, 0.5) is 0 Å². The molecule has 5 nitrogen and oxygen atoms in total. The molecule has 2 heterocycles. The lowest BCUT2D eigenvalue weighted by Crippen LogP contribution is -2.47. The summed E-state index contributed by atoms with van der Waals surface area (Å²) in [5.41, 5.74) is 3.15. The zero-order valence-corrected chi connectivity index (χ0v) is 19.3. The molecule has 1 aliphatic carbocycles. The Hall–Kier alpha value is -1.31. The number of hydrogen-bond acceptors (Lipinski definition) is 2. The second-order valence-corrected chi connectivity index (χ2v) is 8.47. The lowest BCUT2D eigenvalue weighted by molar-refractivity contribution is -0.130. The van der Waals surface area contributed by atoms with Crippen LogP contribution >= 0.6 is 24.0 Å². The number of nitrogens with one attached hydrogen (secondary N) is 1. The summed E-state index contributed by atoms with van der Waals surface area (Å²) in [5, 5.41) is 3.34. The first-order valence-electron chi connectivity index (χ1n) is 10.5. The number of likely N-dealkylation sites (tertiary alicyclic amines) is 1. The van der Waals surface area contributed by atoms with Gasteiger partial charge in [0.25, 0.3) is 0 Å². The average Bonchev–Trinajstić information content (AvgIpc) is 3.11. The van der Waals surface area contributed by atoms with Gasteiger partial charge in [-0.3, -0.25) is 9.79 Å². The maximum Gasteiger partial charge on any atom is 0.242 e. The third kappa shape index (κ3) is 4.63. The van der Waals surface area contributed by atoms with Crippen LogP contribution in [-0.2, 0) is 17.8 Å². The zero-order chi connectivity index (χ0) is 18.7. The first-order valence-corrected chi connectivity index (χ1v) is 10.5. The van der Waals surface area contributed by atoms with Crippen LogP contribution in [0.5, 0.6) is 0 Å². The van der Waals surface area contributed by atoms with Gasteiger partial charge in [0.2, 0.25) is 5.91 Å². The van der Waals surface area contributed by atoms with E-state index in [1.807, 2.05) is 11.9 Å². The number of amides is 1. The molecular weight excluding hydrogens is 463 g/mol. The molecule has 3 aliphatic rings. The number of fused-ring (bicyclic) bond motifs is 1. The van der Waals surface area contributed by atoms with Crippen molar-refractivity contribution in [1.82, 2.24) is 15.1 Å². The summed E-state index contributed by atoms with van der Waals surface area (Å²) >= 11 is 0. The molecule has 4 rings (SSSR count). The molecule has 2 aliphatic heterocycles. The van der Waals surface area contributed by atoms with Crippen LogP contribution in [0.15, 0.2) is 29.3 Å². The minimum absolute atomic E-state index is 0. The largest absolute Gasteiger partial charge is 0.347 e. The van der Waals surface area contributed by atoms with Gasteiger partial charge in [0, 0.05) is 33.2 Å². The predicted molar refractivity (Wildman–Crippen MR) is 124 cm³/mol. The molecular formula is C22H33IN4O. The Morgan fingerprint density at radius 2 is 1.82 bits per heavy atom. The number of benzene rings is 1. The van der Waals surface area contributed by atoms with Gasteiger partial charge < -0.3 is 15.1 Å². The van der Waals surface area contributed by atoms with Crippen molar-refractivity contribution in [2.75, 3.05) is 33.2 Å². The summed E-state index contributed by atoms with van der Waals surface area (Å²) in [7, 11) is 1.83. The molecule has 0 bridgehead atoms. The van der Waals surface area contributed by atoms with Gasteiger partial charge in [-0.15, -0.1) is 24.0 Å². The maximum atomic E-state index is 12.7. The smallest absolute Gasteiger partial charge is 0.242 e. The number of guanidine groups is 1. The van der Waals surface area contributed by atoms with Gasteiger partial charge in [0.15, 0.2) is 5.96 Å². The highest BCUT2D eigenvalue weighted by Gasteiger charge is 2.39. The highest BCUT2D eigenvalue weighted by molar-refractivity contribution is 14.0. The normalized spacial score (nSPS) is 21.2. The van der Waals surface area contributed by atoms with Gasteiger partial charge in [0.1, 0.15) is 0 Å². The highest BCUT2D eigenvalue weighted by Crippen LogP contribution is 2.43. The summed E-state index contributed by atoms with van der Waals surface area (Å²) in [6.45, 7) is 4.02. The van der Waals surface area contributed by atoms with Crippen molar-refractivity contribution in [3.63, 3.8) is 0 Å². The molecule has 1 amide bonds. The van der Waals surface area contributed by atoms with E-state index in [-0.39, 0.29) is 29.9 Å². The third-order valence-electron chi connectivity index (χ3n) is 6.74. The van der Waals surface area contributed by atoms with Crippen LogP contribution < -0.4 is 5.32 Å². The number of carbonyl (C=O) groups excluding carboxylic acids is 1. The van der Waals surface area contributed by atoms with Crippen molar-refractivity contribution in [3.05, 3.63) is 35.4 Å². The Morgan fingerprint density at radius 3 is 2.57 bits per heavy atom. The Balaban J connectivity index is 0.00000225. The Morgan fingerprint density at radius 1 is 1.07 bits per heavy atom. The molecule has 0 unspecified atom stereocenters. The lowest BCUT2D eigenvalue weighted by Gasteiger charge is -2.34. The van der Waals surface area contributed by atoms with Gasteiger partial charge in [-0.2, -0.15) is 0 Å². The van der Waals surface area contributed by atoms with Gasteiger partial charge in [0.05, 0.1) is 6.54 Å². The second-order valence-electron chi connectivity index (χ2n) is 8.47. The van der Waals surface area contributed by atoms with E-state index in [0.717, 1.165) is 38.6 Å². The standard InChI is InChI=1S/C22H32N4O.HI/c1-23-21(26-14-12-22(17-26)10-5-2-6-11-22)24-15-20(27)25-13-9-18-7-3-4-8-19(18)16-25;/h3-4,7-8H,2,5-6,9-17H2,1H3,(H,23,24);1H. The van der Waals surface area contributed by atoms with E-state index >= 15 is 0 Å². The Kier molecular flexibility index (Phi) is 7.23. The van der Waals surface area contributed by atoms with Crippen molar-refractivity contribution in [3.8, 4) is 0 Å². The molecule has 1 aromatic rings. The maximum absolute atomic E-state index is 12.7. The van der Waals surface area contributed by atoms with Crippen molar-refractivity contribution in [2.45, 2.75) is 51.5 Å². The monoisotopic (exact) mass is 496 g/mol. The molecule has 1 saturated heterocycles. The van der Waals surface area contributed by atoms with Crippen molar-refractivity contribution >= 4 is 35.8 Å². The second kappa shape index (κ2) is 9.46. The molecule has 2 fully saturated rings. The number of carbonyl (C=O) groups is 1. The lowest BCUT2D eigenvalue weighted by atomic mass is 9.73. The predicted octanol–water partition coefficient (Wildman–Crippen LogP) is 3.42. The molecule has 1 aromatic carbocycles. The van der Waals surface area contributed by atoms with Crippen LogP contribution in [-0.4, -0.2) is 54.9 Å². The molecule has 154 valence electrons. The first kappa shape index (κ1) is 21.4. The topological polar surface area (TPSA) is 47.9 Å². The van der Waals surface area contributed by atoms with Crippen molar-refractivity contribution in [2.24, 2.45) is 10.4 Å².